The zero-order chi connectivity index (χ0) is 28.5. The highest BCUT2D eigenvalue weighted by molar-refractivity contribution is 9.10. The number of amides is 1. The molecule has 0 aliphatic carbocycles. The Labute approximate surface area is 252 Å². The van der Waals surface area contributed by atoms with Crippen molar-refractivity contribution in [2.75, 3.05) is 18.4 Å². The van der Waals surface area contributed by atoms with Crippen LogP contribution >= 0.6 is 27.5 Å². The molecular weight excluding hydrogens is 600 g/mol. The first kappa shape index (κ1) is 27.4. The lowest BCUT2D eigenvalue weighted by atomic mass is 9.89. The Kier molecular flexibility index (Phi) is 7.79. The summed E-state index contributed by atoms with van der Waals surface area (Å²) in [5, 5.41) is 9.08. The molecule has 3 N–H and O–H groups in total. The Morgan fingerprint density at radius 1 is 1.05 bits per heavy atom. The SMILES string of the molecule is Cc1c(Cl)cccc1Nc1c(C(=O)N2CCC(c3ccccc3)CC2)cnc2c(Br)c(-c3ccccc3CN)nn12. The third-order valence-corrected chi connectivity index (χ3v) is 9.02. The molecular formula is C32H30BrClN6O. The number of piperidine rings is 1. The number of fused-ring (bicyclic) bond motifs is 1. The number of carbonyl (C=O) groups excluding carboxylic acids is 1. The van der Waals surface area contributed by atoms with E-state index in [0.717, 1.165) is 39.7 Å². The number of halogens is 2. The van der Waals surface area contributed by atoms with Crippen molar-refractivity contribution >= 4 is 50.6 Å². The zero-order valence-electron chi connectivity index (χ0n) is 22.6. The molecule has 0 spiro atoms. The molecule has 3 aromatic carbocycles. The number of benzene rings is 3. The quantitative estimate of drug-likeness (QED) is 0.205. The number of hydrogen-bond donors (Lipinski definition) is 2. The third-order valence-electron chi connectivity index (χ3n) is 7.88. The standard InChI is InChI=1S/C32H30BrClN6O/c1-20-26(34)12-7-13-27(20)37-30-25(32(41)39-16-14-22(15-17-39)21-8-3-2-4-9-21)19-36-31-28(33)29(38-40(30)31)24-11-6-5-10-23(24)18-35/h2-13,19,22,37H,14-18,35H2,1H3. The van der Waals surface area contributed by atoms with Gasteiger partial charge in [0.05, 0.1) is 4.47 Å². The van der Waals surface area contributed by atoms with E-state index in [1.807, 2.05) is 60.4 Å². The molecule has 208 valence electrons. The second-order valence-electron chi connectivity index (χ2n) is 10.3. The first-order chi connectivity index (χ1) is 20.0. The lowest BCUT2D eigenvalue weighted by molar-refractivity contribution is 0.0713. The number of nitrogens with two attached hydrogens (primary N) is 1. The van der Waals surface area contributed by atoms with Gasteiger partial charge in [0.15, 0.2) is 5.65 Å². The molecule has 1 aliphatic rings. The molecule has 1 amide bonds. The van der Waals surface area contributed by atoms with E-state index in [-0.39, 0.29) is 5.91 Å². The van der Waals surface area contributed by atoms with Crippen molar-refractivity contribution in [3.05, 3.63) is 111 Å². The van der Waals surface area contributed by atoms with E-state index in [1.54, 1.807) is 10.7 Å². The Bertz CT molecular complexity index is 1730. The van der Waals surface area contributed by atoms with Gasteiger partial charge in [-0.25, -0.2) is 4.98 Å². The number of hydrogen-bond acceptors (Lipinski definition) is 5. The summed E-state index contributed by atoms with van der Waals surface area (Å²) in [5.41, 5.74) is 12.7. The lowest BCUT2D eigenvalue weighted by Crippen LogP contribution is -2.38. The molecule has 0 bridgehead atoms. The molecule has 5 aromatic rings. The maximum atomic E-state index is 14.1. The van der Waals surface area contributed by atoms with Gasteiger partial charge in [-0.3, -0.25) is 4.79 Å². The smallest absolute Gasteiger partial charge is 0.259 e. The van der Waals surface area contributed by atoms with Crippen molar-refractivity contribution in [1.82, 2.24) is 19.5 Å². The second-order valence-corrected chi connectivity index (χ2v) is 11.5. The average Bonchev–Trinajstić information content (AvgIpc) is 3.36. The molecule has 0 radical (unpaired) electrons. The number of rotatable bonds is 6. The summed E-state index contributed by atoms with van der Waals surface area (Å²) in [6.45, 7) is 3.66. The van der Waals surface area contributed by atoms with Crippen LogP contribution in [0.1, 0.15) is 45.8 Å². The zero-order valence-corrected chi connectivity index (χ0v) is 25.0. The van der Waals surface area contributed by atoms with Gasteiger partial charge in [-0.15, -0.1) is 0 Å². The van der Waals surface area contributed by atoms with Crippen LogP contribution in [0, 0.1) is 6.92 Å². The highest BCUT2D eigenvalue weighted by Gasteiger charge is 2.29. The molecule has 9 heteroatoms. The minimum atomic E-state index is -0.0800. The highest BCUT2D eigenvalue weighted by atomic mass is 79.9. The van der Waals surface area contributed by atoms with Crippen LogP contribution in [-0.4, -0.2) is 38.5 Å². The first-order valence-electron chi connectivity index (χ1n) is 13.7. The van der Waals surface area contributed by atoms with E-state index in [9.17, 15) is 4.79 Å². The van der Waals surface area contributed by atoms with Gasteiger partial charge in [0.1, 0.15) is 17.1 Å². The minimum absolute atomic E-state index is 0.0800. The van der Waals surface area contributed by atoms with Crippen LogP contribution in [0.5, 0.6) is 0 Å². The highest BCUT2D eigenvalue weighted by Crippen LogP contribution is 2.36. The molecule has 1 saturated heterocycles. The van der Waals surface area contributed by atoms with Crippen molar-refractivity contribution in [2.45, 2.75) is 32.2 Å². The summed E-state index contributed by atoms with van der Waals surface area (Å²) in [6.07, 6.45) is 3.47. The van der Waals surface area contributed by atoms with Crippen LogP contribution in [0.3, 0.4) is 0 Å². The number of nitrogens with one attached hydrogen (secondary N) is 1. The van der Waals surface area contributed by atoms with Gasteiger partial charge in [-0.05, 0) is 70.4 Å². The molecule has 3 heterocycles. The summed E-state index contributed by atoms with van der Waals surface area (Å²) >= 11 is 10.2. The molecule has 7 nitrogen and oxygen atoms in total. The van der Waals surface area contributed by atoms with Crippen LogP contribution in [0.4, 0.5) is 11.5 Å². The van der Waals surface area contributed by atoms with Crippen LogP contribution in [0.25, 0.3) is 16.9 Å². The van der Waals surface area contributed by atoms with E-state index >= 15 is 0 Å². The van der Waals surface area contributed by atoms with Crippen molar-refractivity contribution in [2.24, 2.45) is 5.73 Å². The fraction of sp³-hybridized carbons (Fsp3) is 0.219. The summed E-state index contributed by atoms with van der Waals surface area (Å²) in [7, 11) is 0. The Balaban J connectivity index is 1.42. The Hall–Kier alpha value is -3.72. The lowest BCUT2D eigenvalue weighted by Gasteiger charge is -2.32. The predicted octanol–water partition coefficient (Wildman–Crippen LogP) is 7.34. The summed E-state index contributed by atoms with van der Waals surface area (Å²) in [4.78, 5) is 20.7. The normalized spacial score (nSPS) is 14.0. The predicted molar refractivity (Wildman–Crippen MR) is 168 cm³/mol. The maximum absolute atomic E-state index is 14.1. The van der Waals surface area contributed by atoms with Gasteiger partial charge in [0.25, 0.3) is 5.91 Å². The van der Waals surface area contributed by atoms with E-state index < -0.39 is 0 Å². The Morgan fingerprint density at radius 2 is 1.78 bits per heavy atom. The van der Waals surface area contributed by atoms with E-state index in [0.29, 0.717) is 53.3 Å². The molecule has 1 aliphatic heterocycles. The van der Waals surface area contributed by atoms with Crippen LogP contribution in [0.2, 0.25) is 5.02 Å². The van der Waals surface area contributed by atoms with Gasteiger partial charge in [0.2, 0.25) is 0 Å². The molecule has 0 saturated carbocycles. The van der Waals surface area contributed by atoms with Gasteiger partial charge < -0.3 is 16.0 Å². The van der Waals surface area contributed by atoms with Crippen molar-refractivity contribution in [3.63, 3.8) is 0 Å². The van der Waals surface area contributed by atoms with Gasteiger partial charge in [-0.2, -0.15) is 9.61 Å². The molecule has 41 heavy (non-hydrogen) atoms. The van der Waals surface area contributed by atoms with E-state index in [4.69, 9.17) is 27.4 Å². The molecule has 1 fully saturated rings. The van der Waals surface area contributed by atoms with Crippen LogP contribution in [-0.2, 0) is 6.54 Å². The van der Waals surface area contributed by atoms with Crippen molar-refractivity contribution in [1.29, 1.82) is 0 Å². The number of likely N-dealkylation sites (tertiary alicyclic amines) is 1. The number of nitrogens with zero attached hydrogens (tertiary/aromatic N) is 4. The monoisotopic (exact) mass is 628 g/mol. The number of carbonyl (C=O) groups is 1. The van der Waals surface area contributed by atoms with E-state index in [2.05, 4.69) is 45.5 Å². The molecule has 0 atom stereocenters. The average molecular weight is 630 g/mol. The maximum Gasteiger partial charge on any atom is 0.259 e. The fourth-order valence-corrected chi connectivity index (χ4v) is 6.26. The third kappa shape index (κ3) is 5.23. The molecule has 0 unspecified atom stereocenters. The molecule has 6 rings (SSSR count). The minimum Gasteiger partial charge on any atom is -0.339 e. The van der Waals surface area contributed by atoms with Crippen LogP contribution < -0.4 is 11.1 Å². The topological polar surface area (TPSA) is 88.5 Å². The number of aromatic nitrogens is 3. The first-order valence-corrected chi connectivity index (χ1v) is 14.8. The Morgan fingerprint density at radius 3 is 2.54 bits per heavy atom. The summed E-state index contributed by atoms with van der Waals surface area (Å²) in [5.74, 6) is 0.899. The van der Waals surface area contributed by atoms with Gasteiger partial charge >= 0.3 is 0 Å². The largest absolute Gasteiger partial charge is 0.339 e. The van der Waals surface area contributed by atoms with Gasteiger partial charge in [-0.1, -0.05) is 72.3 Å². The van der Waals surface area contributed by atoms with Crippen molar-refractivity contribution in [3.8, 4) is 11.3 Å². The second kappa shape index (κ2) is 11.6. The van der Waals surface area contributed by atoms with Gasteiger partial charge in [0, 0.05) is 42.1 Å². The molecule has 2 aromatic heterocycles. The fourth-order valence-electron chi connectivity index (χ4n) is 5.52. The summed E-state index contributed by atoms with van der Waals surface area (Å²) < 4.78 is 2.43. The van der Waals surface area contributed by atoms with E-state index in [1.165, 1.54) is 5.56 Å². The van der Waals surface area contributed by atoms with Crippen LogP contribution in [0.15, 0.2) is 83.5 Å². The number of anilines is 2. The van der Waals surface area contributed by atoms with Crippen molar-refractivity contribution < 1.29 is 4.79 Å². The summed E-state index contributed by atoms with van der Waals surface area (Å²) in [6, 6.07) is 24.1.